The predicted octanol–water partition coefficient (Wildman–Crippen LogP) is 3.76. The van der Waals surface area contributed by atoms with Crippen LogP contribution in [0.25, 0.3) is 0 Å². The molecule has 0 aliphatic carbocycles. The van der Waals surface area contributed by atoms with Crippen molar-refractivity contribution in [2.24, 2.45) is 0 Å². The summed E-state index contributed by atoms with van der Waals surface area (Å²) in [5, 5.41) is 9.22. The SMILES string of the molecule is CCc1ccc(N(C)c2nccc(C(=O)O)c2Cl)cc1. The highest BCUT2D eigenvalue weighted by Crippen LogP contribution is 2.31. The first kappa shape index (κ1) is 14.3. The highest BCUT2D eigenvalue weighted by molar-refractivity contribution is 6.35. The van der Waals surface area contributed by atoms with Crippen molar-refractivity contribution in [2.75, 3.05) is 11.9 Å². The number of aromatic nitrogens is 1. The molecule has 0 radical (unpaired) electrons. The van der Waals surface area contributed by atoms with E-state index in [4.69, 9.17) is 16.7 Å². The van der Waals surface area contributed by atoms with Crippen LogP contribution < -0.4 is 4.90 Å². The van der Waals surface area contributed by atoms with Crippen molar-refractivity contribution in [3.05, 3.63) is 52.7 Å². The molecule has 4 nitrogen and oxygen atoms in total. The molecule has 0 unspecified atom stereocenters. The highest BCUT2D eigenvalue weighted by atomic mass is 35.5. The molecule has 0 saturated heterocycles. The van der Waals surface area contributed by atoms with Crippen molar-refractivity contribution in [2.45, 2.75) is 13.3 Å². The summed E-state index contributed by atoms with van der Waals surface area (Å²) in [5.74, 6) is -0.635. The van der Waals surface area contributed by atoms with Gasteiger partial charge in [-0.25, -0.2) is 9.78 Å². The van der Waals surface area contributed by atoms with Crippen molar-refractivity contribution >= 4 is 29.1 Å². The third kappa shape index (κ3) is 2.75. The molecular weight excluding hydrogens is 276 g/mol. The molecule has 5 heteroatoms. The lowest BCUT2D eigenvalue weighted by Crippen LogP contribution is -2.13. The van der Waals surface area contributed by atoms with Crippen LogP contribution in [0.15, 0.2) is 36.5 Å². The van der Waals surface area contributed by atoms with Gasteiger partial charge >= 0.3 is 5.97 Å². The standard InChI is InChI=1S/C15H15ClN2O2/c1-3-10-4-6-11(7-5-10)18(2)14-13(16)12(15(19)20)8-9-17-14/h4-9H,3H2,1-2H3,(H,19,20). The summed E-state index contributed by atoms with van der Waals surface area (Å²) in [6, 6.07) is 9.37. The molecule has 0 amide bonds. The van der Waals surface area contributed by atoms with Crippen LogP contribution in [-0.4, -0.2) is 23.1 Å². The zero-order chi connectivity index (χ0) is 14.7. The van der Waals surface area contributed by atoms with Gasteiger partial charge < -0.3 is 10.0 Å². The topological polar surface area (TPSA) is 53.4 Å². The Morgan fingerprint density at radius 1 is 1.30 bits per heavy atom. The number of hydrogen-bond donors (Lipinski definition) is 1. The minimum Gasteiger partial charge on any atom is -0.478 e. The lowest BCUT2D eigenvalue weighted by Gasteiger charge is -2.20. The Kier molecular flexibility index (Phi) is 4.25. The fraction of sp³-hybridized carbons (Fsp3) is 0.200. The first-order chi connectivity index (χ1) is 9.54. The van der Waals surface area contributed by atoms with Crippen molar-refractivity contribution in [1.29, 1.82) is 0 Å². The summed E-state index contributed by atoms with van der Waals surface area (Å²) in [5.41, 5.74) is 2.19. The van der Waals surface area contributed by atoms with Crippen molar-refractivity contribution in [3.63, 3.8) is 0 Å². The number of anilines is 2. The van der Waals surface area contributed by atoms with Gasteiger partial charge in [-0.2, -0.15) is 0 Å². The highest BCUT2D eigenvalue weighted by Gasteiger charge is 2.16. The van der Waals surface area contributed by atoms with Crippen LogP contribution in [0.1, 0.15) is 22.8 Å². The predicted molar refractivity (Wildman–Crippen MR) is 80.1 cm³/mol. The molecule has 104 valence electrons. The zero-order valence-electron chi connectivity index (χ0n) is 11.3. The number of carbonyl (C=O) groups is 1. The van der Waals surface area contributed by atoms with E-state index in [0.29, 0.717) is 5.82 Å². The summed E-state index contributed by atoms with van der Waals surface area (Å²) < 4.78 is 0. The van der Waals surface area contributed by atoms with Gasteiger partial charge in [0.1, 0.15) is 0 Å². The van der Waals surface area contributed by atoms with E-state index >= 15 is 0 Å². The maximum atomic E-state index is 11.1. The third-order valence-electron chi connectivity index (χ3n) is 3.15. The van der Waals surface area contributed by atoms with E-state index < -0.39 is 5.97 Å². The minimum absolute atomic E-state index is 0.0497. The molecule has 2 aromatic rings. The van der Waals surface area contributed by atoms with E-state index in [1.165, 1.54) is 17.8 Å². The van der Waals surface area contributed by atoms with Gasteiger partial charge in [-0.05, 0) is 30.2 Å². The van der Waals surface area contributed by atoms with E-state index in [0.717, 1.165) is 12.1 Å². The average Bonchev–Trinajstić information content (AvgIpc) is 2.46. The average molecular weight is 291 g/mol. The van der Waals surface area contributed by atoms with Gasteiger partial charge in [0.25, 0.3) is 0 Å². The monoisotopic (exact) mass is 290 g/mol. The lowest BCUT2D eigenvalue weighted by atomic mass is 10.1. The van der Waals surface area contributed by atoms with Gasteiger partial charge in [0.05, 0.1) is 10.6 Å². The normalized spacial score (nSPS) is 10.3. The molecule has 1 heterocycles. The molecule has 1 aromatic carbocycles. The van der Waals surface area contributed by atoms with E-state index in [1.807, 2.05) is 24.3 Å². The van der Waals surface area contributed by atoms with Crippen molar-refractivity contribution in [1.82, 2.24) is 4.98 Å². The summed E-state index contributed by atoms with van der Waals surface area (Å²) in [4.78, 5) is 17.0. The molecule has 20 heavy (non-hydrogen) atoms. The number of aryl methyl sites for hydroxylation is 1. The number of carboxylic acid groups (broad SMARTS) is 1. The van der Waals surface area contributed by atoms with Crippen molar-refractivity contribution < 1.29 is 9.90 Å². The second-order valence-corrected chi connectivity index (χ2v) is 4.76. The van der Waals surface area contributed by atoms with Gasteiger partial charge in [0.2, 0.25) is 0 Å². The van der Waals surface area contributed by atoms with Gasteiger partial charge in [-0.1, -0.05) is 30.7 Å². The quantitative estimate of drug-likeness (QED) is 0.931. The summed E-state index contributed by atoms with van der Waals surface area (Å²) in [6.07, 6.45) is 2.42. The zero-order valence-corrected chi connectivity index (χ0v) is 12.1. The number of halogens is 1. The number of pyridine rings is 1. The Morgan fingerprint density at radius 2 is 1.95 bits per heavy atom. The summed E-state index contributed by atoms with van der Waals surface area (Å²) in [7, 11) is 1.81. The Morgan fingerprint density at radius 3 is 2.50 bits per heavy atom. The molecule has 2 rings (SSSR count). The van der Waals surface area contributed by atoms with E-state index in [1.54, 1.807) is 11.9 Å². The molecule has 0 fully saturated rings. The fourth-order valence-electron chi connectivity index (χ4n) is 1.91. The first-order valence-corrected chi connectivity index (χ1v) is 6.62. The first-order valence-electron chi connectivity index (χ1n) is 6.25. The van der Waals surface area contributed by atoms with Crippen LogP contribution in [0.2, 0.25) is 5.02 Å². The molecule has 1 N–H and O–H groups in total. The molecule has 0 bridgehead atoms. The van der Waals surface area contributed by atoms with Gasteiger partial charge in [0, 0.05) is 18.9 Å². The number of nitrogens with zero attached hydrogens (tertiary/aromatic N) is 2. The summed E-state index contributed by atoms with van der Waals surface area (Å²) >= 11 is 6.12. The number of benzene rings is 1. The lowest BCUT2D eigenvalue weighted by molar-refractivity contribution is 0.0697. The van der Waals surface area contributed by atoms with Crippen LogP contribution in [-0.2, 0) is 6.42 Å². The van der Waals surface area contributed by atoms with E-state index in [-0.39, 0.29) is 10.6 Å². The smallest absolute Gasteiger partial charge is 0.337 e. The van der Waals surface area contributed by atoms with Crippen LogP contribution in [0.3, 0.4) is 0 Å². The molecule has 0 saturated carbocycles. The molecule has 0 atom stereocenters. The molecule has 0 aliphatic rings. The van der Waals surface area contributed by atoms with E-state index in [9.17, 15) is 4.79 Å². The number of hydrogen-bond acceptors (Lipinski definition) is 3. The maximum Gasteiger partial charge on any atom is 0.337 e. The Labute approximate surface area is 122 Å². The Bertz CT molecular complexity index is 626. The third-order valence-corrected chi connectivity index (χ3v) is 3.52. The van der Waals surface area contributed by atoms with E-state index in [2.05, 4.69) is 11.9 Å². The second-order valence-electron chi connectivity index (χ2n) is 4.38. The van der Waals surface area contributed by atoms with Crippen molar-refractivity contribution in [3.8, 4) is 0 Å². The van der Waals surface area contributed by atoms with Gasteiger partial charge in [-0.3, -0.25) is 0 Å². The van der Waals surface area contributed by atoms with Crippen LogP contribution in [0.4, 0.5) is 11.5 Å². The molecule has 1 aromatic heterocycles. The summed E-state index contributed by atoms with van der Waals surface area (Å²) in [6.45, 7) is 2.09. The Hall–Kier alpha value is -2.07. The maximum absolute atomic E-state index is 11.1. The molecular formula is C15H15ClN2O2. The molecule has 0 spiro atoms. The number of rotatable bonds is 4. The number of carboxylic acids is 1. The van der Waals surface area contributed by atoms with Crippen LogP contribution in [0.5, 0.6) is 0 Å². The Balaban J connectivity index is 2.39. The molecule has 0 aliphatic heterocycles. The van der Waals surface area contributed by atoms with Gasteiger partial charge in [0.15, 0.2) is 5.82 Å². The minimum atomic E-state index is -1.06. The second kappa shape index (κ2) is 5.92. The van der Waals surface area contributed by atoms with Gasteiger partial charge in [-0.15, -0.1) is 0 Å². The van der Waals surface area contributed by atoms with Crippen LogP contribution >= 0.6 is 11.6 Å². The number of aromatic carboxylic acids is 1. The fourth-order valence-corrected chi connectivity index (χ4v) is 2.23. The van der Waals surface area contributed by atoms with Crippen LogP contribution in [0, 0.1) is 0 Å². The largest absolute Gasteiger partial charge is 0.478 e.